The SMILES string of the molecule is O=C1CCC(N2Cc3cc(C4=CN(c5cccc(C6CCCCO6)n5)NN4)ccc3C2=O)C(=O)N1. The smallest absolute Gasteiger partial charge is 0.255 e. The summed E-state index contributed by atoms with van der Waals surface area (Å²) in [5.74, 6) is -0.129. The number of nitrogens with zero attached hydrogens (tertiary/aromatic N) is 3. The average Bonchev–Trinajstić information content (AvgIpc) is 3.50. The molecular formula is C25H26N6O4. The summed E-state index contributed by atoms with van der Waals surface area (Å²) >= 11 is 0. The van der Waals surface area contributed by atoms with Gasteiger partial charge in [-0.1, -0.05) is 12.1 Å². The molecule has 3 N–H and O–H groups in total. The highest BCUT2D eigenvalue weighted by Crippen LogP contribution is 2.31. The number of hydrazine groups is 2. The number of hydrogen-bond donors (Lipinski definition) is 3. The number of benzene rings is 1. The number of pyridine rings is 1. The lowest BCUT2D eigenvalue weighted by Crippen LogP contribution is -2.52. The van der Waals surface area contributed by atoms with E-state index in [1.165, 1.54) is 0 Å². The number of aromatic nitrogens is 1. The van der Waals surface area contributed by atoms with E-state index in [0.717, 1.165) is 54.2 Å². The zero-order chi connectivity index (χ0) is 23.9. The minimum Gasteiger partial charge on any atom is -0.372 e. The van der Waals surface area contributed by atoms with Gasteiger partial charge in [0.2, 0.25) is 11.8 Å². The largest absolute Gasteiger partial charge is 0.372 e. The number of anilines is 1. The van der Waals surface area contributed by atoms with Crippen molar-refractivity contribution in [1.82, 2.24) is 26.2 Å². The van der Waals surface area contributed by atoms with Gasteiger partial charge in [-0.2, -0.15) is 0 Å². The molecule has 4 aliphatic heterocycles. The molecule has 1 aromatic heterocycles. The van der Waals surface area contributed by atoms with Crippen LogP contribution in [0.15, 0.2) is 42.6 Å². The van der Waals surface area contributed by atoms with Gasteiger partial charge in [0.25, 0.3) is 5.91 Å². The fourth-order valence-electron chi connectivity index (χ4n) is 5.05. The molecule has 2 fully saturated rings. The summed E-state index contributed by atoms with van der Waals surface area (Å²) in [5, 5.41) is 4.15. The molecule has 10 heteroatoms. The quantitative estimate of drug-likeness (QED) is 0.576. The van der Waals surface area contributed by atoms with Gasteiger partial charge in [-0.25, -0.2) is 9.99 Å². The molecule has 35 heavy (non-hydrogen) atoms. The maximum atomic E-state index is 12.9. The van der Waals surface area contributed by atoms with Crippen molar-refractivity contribution in [2.45, 2.75) is 50.8 Å². The minimum absolute atomic E-state index is 0.0317. The first-order chi connectivity index (χ1) is 17.1. The Kier molecular flexibility index (Phi) is 5.46. The van der Waals surface area contributed by atoms with Crippen LogP contribution in [0.1, 0.15) is 65.4 Å². The third kappa shape index (κ3) is 4.04. The fraction of sp³-hybridized carbons (Fsp3) is 0.360. The Morgan fingerprint density at radius 1 is 1.06 bits per heavy atom. The Morgan fingerprint density at radius 3 is 2.80 bits per heavy atom. The Morgan fingerprint density at radius 2 is 1.97 bits per heavy atom. The molecule has 6 rings (SSSR count). The van der Waals surface area contributed by atoms with Crippen molar-refractivity contribution in [1.29, 1.82) is 0 Å². The van der Waals surface area contributed by atoms with Crippen LogP contribution in [-0.2, 0) is 20.9 Å². The molecule has 2 atom stereocenters. The first-order valence-corrected chi connectivity index (χ1v) is 12.0. The van der Waals surface area contributed by atoms with Gasteiger partial charge in [0.1, 0.15) is 11.9 Å². The van der Waals surface area contributed by atoms with E-state index >= 15 is 0 Å². The number of carbonyl (C=O) groups excluding carboxylic acids is 3. The van der Waals surface area contributed by atoms with Gasteiger partial charge >= 0.3 is 0 Å². The summed E-state index contributed by atoms with van der Waals surface area (Å²) < 4.78 is 5.88. The first-order valence-electron chi connectivity index (χ1n) is 12.0. The lowest BCUT2D eigenvalue weighted by atomic mass is 10.0. The van der Waals surface area contributed by atoms with Crippen molar-refractivity contribution in [2.75, 3.05) is 11.6 Å². The Hall–Kier alpha value is -3.76. The molecular weight excluding hydrogens is 448 g/mol. The number of rotatable bonds is 4. The first kappa shape index (κ1) is 21.8. The number of ether oxygens (including phenoxy) is 1. The zero-order valence-electron chi connectivity index (χ0n) is 19.1. The third-order valence-corrected chi connectivity index (χ3v) is 6.92. The maximum Gasteiger partial charge on any atom is 0.255 e. The summed E-state index contributed by atoms with van der Waals surface area (Å²) in [5.41, 5.74) is 10.4. The van der Waals surface area contributed by atoms with Crippen molar-refractivity contribution >= 4 is 29.2 Å². The number of imide groups is 1. The Balaban J connectivity index is 1.20. The molecule has 0 radical (unpaired) electrons. The summed E-state index contributed by atoms with van der Waals surface area (Å²) in [7, 11) is 0. The van der Waals surface area contributed by atoms with Gasteiger partial charge in [0.15, 0.2) is 0 Å². The number of piperidine rings is 1. The summed E-state index contributed by atoms with van der Waals surface area (Å²) in [4.78, 5) is 43.1. The summed E-state index contributed by atoms with van der Waals surface area (Å²) in [6.45, 7) is 1.11. The molecule has 0 spiro atoms. The summed E-state index contributed by atoms with van der Waals surface area (Å²) in [6, 6.07) is 10.9. The van der Waals surface area contributed by atoms with E-state index in [0.29, 0.717) is 18.5 Å². The molecule has 2 unspecified atom stereocenters. The normalized spacial score (nSPS) is 24.2. The third-order valence-electron chi connectivity index (χ3n) is 6.92. The van der Waals surface area contributed by atoms with Crippen LogP contribution in [0.3, 0.4) is 0 Å². The van der Waals surface area contributed by atoms with Crippen LogP contribution in [0, 0.1) is 0 Å². The van der Waals surface area contributed by atoms with E-state index in [4.69, 9.17) is 9.72 Å². The number of hydrogen-bond acceptors (Lipinski definition) is 8. The second kappa shape index (κ2) is 8.79. The molecule has 3 amide bonds. The van der Waals surface area contributed by atoms with Gasteiger partial charge < -0.3 is 15.1 Å². The highest BCUT2D eigenvalue weighted by Gasteiger charge is 2.39. The molecule has 1 aromatic carbocycles. The van der Waals surface area contributed by atoms with E-state index in [2.05, 4.69) is 16.3 Å². The van der Waals surface area contributed by atoms with Crippen LogP contribution in [0.5, 0.6) is 0 Å². The molecule has 0 saturated carbocycles. The molecule has 10 nitrogen and oxygen atoms in total. The van der Waals surface area contributed by atoms with Crippen molar-refractivity contribution in [2.24, 2.45) is 0 Å². The Bertz CT molecular complexity index is 1240. The molecule has 0 aliphatic carbocycles. The van der Waals surface area contributed by atoms with Crippen molar-refractivity contribution in [3.63, 3.8) is 0 Å². The van der Waals surface area contributed by atoms with Crippen molar-refractivity contribution in [3.05, 3.63) is 65.0 Å². The second-order valence-electron chi connectivity index (χ2n) is 9.20. The van der Waals surface area contributed by atoms with Crippen LogP contribution in [-0.4, -0.2) is 40.3 Å². The highest BCUT2D eigenvalue weighted by atomic mass is 16.5. The Labute approximate surface area is 202 Å². The van der Waals surface area contributed by atoms with Crippen molar-refractivity contribution in [3.8, 4) is 0 Å². The van der Waals surface area contributed by atoms with E-state index in [1.807, 2.05) is 41.5 Å². The molecule has 2 aromatic rings. The van der Waals surface area contributed by atoms with Crippen LogP contribution in [0.2, 0.25) is 0 Å². The molecule has 0 bridgehead atoms. The minimum atomic E-state index is -0.622. The predicted molar refractivity (Wildman–Crippen MR) is 126 cm³/mol. The van der Waals surface area contributed by atoms with Gasteiger partial charge in [0.05, 0.1) is 23.7 Å². The maximum absolute atomic E-state index is 12.9. The number of amides is 3. The molecule has 2 saturated heterocycles. The standard InChI is InChI=1S/C25H26N6O4/c32-23-10-9-20(24(33)27-23)30-13-16-12-15(7-8-17(16)25(30)34)19-14-31(29-28-19)22-6-3-4-18(26-22)21-5-1-2-11-35-21/h3-4,6-8,12,14,20-21,28-29H,1-2,5,9-11,13H2,(H,27,32,33). The van der Waals surface area contributed by atoms with Gasteiger partial charge in [-0.3, -0.25) is 19.7 Å². The van der Waals surface area contributed by atoms with Gasteiger partial charge in [-0.05, 0) is 55.5 Å². The van der Waals surface area contributed by atoms with Crippen LogP contribution < -0.4 is 21.3 Å². The van der Waals surface area contributed by atoms with E-state index in [-0.39, 0.29) is 24.3 Å². The zero-order valence-corrected chi connectivity index (χ0v) is 19.1. The van der Waals surface area contributed by atoms with E-state index < -0.39 is 11.9 Å². The fourth-order valence-corrected chi connectivity index (χ4v) is 5.05. The lowest BCUT2D eigenvalue weighted by Gasteiger charge is -2.29. The monoisotopic (exact) mass is 474 g/mol. The highest BCUT2D eigenvalue weighted by molar-refractivity contribution is 6.05. The lowest BCUT2D eigenvalue weighted by molar-refractivity contribution is -0.136. The predicted octanol–water partition coefficient (Wildman–Crippen LogP) is 1.91. The number of fused-ring (bicyclic) bond motifs is 1. The van der Waals surface area contributed by atoms with E-state index in [9.17, 15) is 14.4 Å². The molecule has 4 aliphatic rings. The number of nitrogens with one attached hydrogen (secondary N) is 3. The second-order valence-corrected chi connectivity index (χ2v) is 9.20. The van der Waals surface area contributed by atoms with Crippen LogP contribution in [0.4, 0.5) is 5.82 Å². The van der Waals surface area contributed by atoms with E-state index in [1.54, 1.807) is 11.0 Å². The van der Waals surface area contributed by atoms with Gasteiger partial charge in [0, 0.05) is 30.7 Å². The summed E-state index contributed by atoms with van der Waals surface area (Å²) in [6.07, 6.45) is 5.76. The number of carbonyl (C=O) groups is 3. The van der Waals surface area contributed by atoms with Crippen molar-refractivity contribution < 1.29 is 19.1 Å². The van der Waals surface area contributed by atoms with Crippen LogP contribution >= 0.6 is 0 Å². The molecule has 180 valence electrons. The topological polar surface area (TPSA) is 116 Å². The van der Waals surface area contributed by atoms with Gasteiger partial charge in [-0.15, -0.1) is 5.53 Å². The molecule has 5 heterocycles. The average molecular weight is 475 g/mol. The van der Waals surface area contributed by atoms with Crippen LogP contribution in [0.25, 0.3) is 5.70 Å².